The van der Waals surface area contributed by atoms with Crippen molar-refractivity contribution in [2.24, 2.45) is 0 Å². The smallest absolute Gasteiger partial charge is 0.298 e. The third-order valence-corrected chi connectivity index (χ3v) is 2.43. The van der Waals surface area contributed by atoms with Gasteiger partial charge < -0.3 is 9.32 Å². The minimum absolute atomic E-state index is 0.479. The molecule has 2 rings (SSSR count). The molecule has 1 aromatic heterocycles. The monoisotopic (exact) mass is 215 g/mol. The predicted octanol–water partition coefficient (Wildman–Crippen LogP) is 2.57. The standard InChI is InChI=1S/C12H13N3O/c1-2-15(9-5-8-13)12-14-10-6-3-4-7-11(10)16-12/h3-4,6-7H,2,5,9H2,1H3. The van der Waals surface area contributed by atoms with Crippen LogP contribution in [0, 0.1) is 11.3 Å². The first kappa shape index (κ1) is 10.5. The van der Waals surface area contributed by atoms with Crippen LogP contribution in [0.3, 0.4) is 0 Å². The van der Waals surface area contributed by atoms with Gasteiger partial charge in [-0.25, -0.2) is 0 Å². The third kappa shape index (κ3) is 1.98. The van der Waals surface area contributed by atoms with Gasteiger partial charge in [0.15, 0.2) is 5.58 Å². The summed E-state index contributed by atoms with van der Waals surface area (Å²) in [7, 11) is 0. The number of nitriles is 1. The Hall–Kier alpha value is -2.02. The van der Waals surface area contributed by atoms with Crippen LogP contribution in [0.15, 0.2) is 28.7 Å². The summed E-state index contributed by atoms with van der Waals surface area (Å²) in [4.78, 5) is 6.35. The van der Waals surface area contributed by atoms with E-state index in [1.165, 1.54) is 0 Å². The molecule has 4 heteroatoms. The lowest BCUT2D eigenvalue weighted by molar-refractivity contribution is 0.572. The van der Waals surface area contributed by atoms with Crippen molar-refractivity contribution < 1.29 is 4.42 Å². The van der Waals surface area contributed by atoms with Crippen LogP contribution in [0.4, 0.5) is 6.01 Å². The number of oxazole rings is 1. The van der Waals surface area contributed by atoms with E-state index in [2.05, 4.69) is 11.1 Å². The number of benzene rings is 1. The van der Waals surface area contributed by atoms with Gasteiger partial charge in [-0.3, -0.25) is 0 Å². The second-order valence-electron chi connectivity index (χ2n) is 3.45. The molecule has 0 bridgehead atoms. The lowest BCUT2D eigenvalue weighted by Gasteiger charge is -2.15. The van der Waals surface area contributed by atoms with Crippen LogP contribution >= 0.6 is 0 Å². The molecule has 4 nitrogen and oxygen atoms in total. The quantitative estimate of drug-likeness (QED) is 0.786. The molecule has 1 aromatic carbocycles. The summed E-state index contributed by atoms with van der Waals surface area (Å²) in [6.45, 7) is 3.46. The topological polar surface area (TPSA) is 53.1 Å². The molecule has 16 heavy (non-hydrogen) atoms. The van der Waals surface area contributed by atoms with Gasteiger partial charge in [0.05, 0.1) is 12.5 Å². The normalized spacial score (nSPS) is 10.2. The molecular weight excluding hydrogens is 202 g/mol. The second kappa shape index (κ2) is 4.67. The van der Waals surface area contributed by atoms with E-state index in [-0.39, 0.29) is 0 Å². The summed E-state index contributed by atoms with van der Waals surface area (Å²) < 4.78 is 5.62. The highest BCUT2D eigenvalue weighted by molar-refractivity contribution is 5.74. The Balaban J connectivity index is 2.27. The fourth-order valence-electron chi connectivity index (χ4n) is 1.57. The van der Waals surface area contributed by atoms with E-state index in [4.69, 9.17) is 9.68 Å². The van der Waals surface area contributed by atoms with E-state index >= 15 is 0 Å². The molecule has 0 aliphatic rings. The van der Waals surface area contributed by atoms with Crippen molar-refractivity contribution in [2.45, 2.75) is 13.3 Å². The number of rotatable bonds is 4. The predicted molar refractivity (Wildman–Crippen MR) is 62.1 cm³/mol. The Morgan fingerprint density at radius 1 is 1.44 bits per heavy atom. The van der Waals surface area contributed by atoms with Crippen molar-refractivity contribution >= 4 is 17.1 Å². The van der Waals surface area contributed by atoms with E-state index in [9.17, 15) is 0 Å². The van der Waals surface area contributed by atoms with Crippen LogP contribution < -0.4 is 4.90 Å². The molecule has 0 aliphatic heterocycles. The highest BCUT2D eigenvalue weighted by Gasteiger charge is 2.11. The zero-order valence-electron chi connectivity index (χ0n) is 9.18. The van der Waals surface area contributed by atoms with Gasteiger partial charge in [0.1, 0.15) is 5.52 Å². The van der Waals surface area contributed by atoms with Crippen molar-refractivity contribution in [3.8, 4) is 6.07 Å². The first-order chi connectivity index (χ1) is 7.85. The molecule has 0 unspecified atom stereocenters. The third-order valence-electron chi connectivity index (χ3n) is 2.43. The van der Waals surface area contributed by atoms with E-state index in [0.717, 1.165) is 17.6 Å². The molecule has 0 saturated heterocycles. The van der Waals surface area contributed by atoms with Gasteiger partial charge in [-0.2, -0.15) is 10.2 Å². The van der Waals surface area contributed by atoms with Gasteiger partial charge in [0.25, 0.3) is 6.01 Å². The number of para-hydroxylation sites is 2. The highest BCUT2D eigenvalue weighted by atomic mass is 16.4. The van der Waals surface area contributed by atoms with Gasteiger partial charge in [-0.05, 0) is 19.1 Å². The van der Waals surface area contributed by atoms with Gasteiger partial charge in [-0.1, -0.05) is 12.1 Å². The van der Waals surface area contributed by atoms with Gasteiger partial charge >= 0.3 is 0 Å². The number of nitrogens with zero attached hydrogens (tertiary/aromatic N) is 3. The van der Waals surface area contributed by atoms with Crippen LogP contribution in [-0.4, -0.2) is 18.1 Å². The van der Waals surface area contributed by atoms with Gasteiger partial charge in [-0.15, -0.1) is 0 Å². The van der Waals surface area contributed by atoms with Crippen LogP contribution in [0.5, 0.6) is 0 Å². The minimum Gasteiger partial charge on any atom is -0.423 e. The molecule has 0 atom stereocenters. The molecular formula is C12H13N3O. The molecule has 1 heterocycles. The van der Waals surface area contributed by atoms with Crippen molar-refractivity contribution in [1.82, 2.24) is 4.98 Å². The van der Waals surface area contributed by atoms with Crippen molar-refractivity contribution in [3.05, 3.63) is 24.3 Å². The van der Waals surface area contributed by atoms with Crippen LogP contribution in [-0.2, 0) is 0 Å². The maximum Gasteiger partial charge on any atom is 0.298 e. The highest BCUT2D eigenvalue weighted by Crippen LogP contribution is 2.21. The van der Waals surface area contributed by atoms with Crippen molar-refractivity contribution in [3.63, 3.8) is 0 Å². The zero-order chi connectivity index (χ0) is 11.4. The van der Waals surface area contributed by atoms with Crippen molar-refractivity contribution in [1.29, 1.82) is 5.26 Å². The Morgan fingerprint density at radius 2 is 2.25 bits per heavy atom. The lowest BCUT2D eigenvalue weighted by atomic mass is 10.3. The SMILES string of the molecule is CCN(CCC#N)c1nc2ccccc2o1. The van der Waals surface area contributed by atoms with Crippen molar-refractivity contribution in [2.75, 3.05) is 18.0 Å². The first-order valence-electron chi connectivity index (χ1n) is 5.32. The molecule has 0 amide bonds. The number of hydrogen-bond acceptors (Lipinski definition) is 4. The average molecular weight is 215 g/mol. The first-order valence-corrected chi connectivity index (χ1v) is 5.32. The average Bonchev–Trinajstić information content (AvgIpc) is 2.73. The summed E-state index contributed by atoms with van der Waals surface area (Å²) in [5, 5.41) is 8.57. The van der Waals surface area contributed by atoms with Crippen LogP contribution in [0.2, 0.25) is 0 Å². The zero-order valence-corrected chi connectivity index (χ0v) is 9.18. The largest absolute Gasteiger partial charge is 0.423 e. The molecule has 0 aliphatic carbocycles. The maximum atomic E-state index is 8.57. The molecule has 0 radical (unpaired) electrons. The molecule has 0 fully saturated rings. The number of fused-ring (bicyclic) bond motifs is 1. The minimum atomic E-state index is 0.479. The van der Waals surface area contributed by atoms with Gasteiger partial charge in [0, 0.05) is 13.1 Å². The molecule has 0 saturated carbocycles. The Bertz CT molecular complexity index is 479. The number of aromatic nitrogens is 1. The maximum absolute atomic E-state index is 8.57. The van der Waals surface area contributed by atoms with Gasteiger partial charge in [0.2, 0.25) is 0 Å². The Morgan fingerprint density at radius 3 is 2.94 bits per heavy atom. The fourth-order valence-corrected chi connectivity index (χ4v) is 1.57. The summed E-state index contributed by atoms with van der Waals surface area (Å²) in [6, 6.07) is 10.4. The van der Waals surface area contributed by atoms with E-state index in [0.29, 0.717) is 19.0 Å². The molecule has 2 aromatic rings. The van der Waals surface area contributed by atoms with Crippen LogP contribution in [0.1, 0.15) is 13.3 Å². The lowest BCUT2D eigenvalue weighted by Crippen LogP contribution is -2.23. The number of anilines is 1. The molecule has 0 N–H and O–H groups in total. The fraction of sp³-hybridized carbons (Fsp3) is 0.333. The Kier molecular flexibility index (Phi) is 3.06. The summed E-state index contributed by atoms with van der Waals surface area (Å²) in [5.74, 6) is 0. The van der Waals surface area contributed by atoms with E-state index in [1.807, 2.05) is 36.1 Å². The summed E-state index contributed by atoms with van der Waals surface area (Å²) in [5.41, 5.74) is 1.64. The summed E-state index contributed by atoms with van der Waals surface area (Å²) >= 11 is 0. The Labute approximate surface area is 94.1 Å². The molecule has 0 spiro atoms. The second-order valence-corrected chi connectivity index (χ2v) is 3.45. The summed E-state index contributed by atoms with van der Waals surface area (Å²) in [6.07, 6.45) is 0.479. The number of hydrogen-bond donors (Lipinski definition) is 0. The van der Waals surface area contributed by atoms with E-state index < -0.39 is 0 Å². The molecule has 82 valence electrons. The van der Waals surface area contributed by atoms with Crippen LogP contribution in [0.25, 0.3) is 11.1 Å². The van der Waals surface area contributed by atoms with E-state index in [1.54, 1.807) is 0 Å².